The zero-order valence-electron chi connectivity index (χ0n) is 11.0. The number of nitrogens with zero attached hydrogens (tertiary/aromatic N) is 1. The summed E-state index contributed by atoms with van der Waals surface area (Å²) < 4.78 is 31.3. The number of rotatable bonds is 9. The second-order valence-electron chi connectivity index (χ2n) is 4.50. The van der Waals surface area contributed by atoms with Crippen LogP contribution in [-0.2, 0) is 14.8 Å². The van der Waals surface area contributed by atoms with Gasteiger partial charge in [0.15, 0.2) is 0 Å². The van der Waals surface area contributed by atoms with E-state index in [2.05, 4.69) is 5.32 Å². The quantitative estimate of drug-likeness (QED) is 0.656. The predicted octanol–water partition coefficient (Wildman–Crippen LogP) is 0.425. The van der Waals surface area contributed by atoms with Crippen LogP contribution in [-0.4, -0.2) is 57.4 Å². The largest absolute Gasteiger partial charge is 0.383 e. The molecular weight excluding hydrogens is 240 g/mol. The average molecular weight is 264 g/mol. The Hall–Kier alpha value is -0.170. The Balaban J connectivity index is 2.62. The van der Waals surface area contributed by atoms with Crippen LogP contribution >= 0.6 is 0 Å². The highest BCUT2D eigenvalue weighted by molar-refractivity contribution is 7.89. The second-order valence-corrected chi connectivity index (χ2v) is 6.80. The van der Waals surface area contributed by atoms with Gasteiger partial charge in [-0.3, -0.25) is 0 Å². The molecule has 0 amide bonds. The van der Waals surface area contributed by atoms with Crippen LogP contribution < -0.4 is 5.32 Å². The third-order valence-corrected chi connectivity index (χ3v) is 5.31. The summed E-state index contributed by atoms with van der Waals surface area (Å²) in [5, 5.41) is 2.71. The highest BCUT2D eigenvalue weighted by Gasteiger charge is 2.39. The van der Waals surface area contributed by atoms with Gasteiger partial charge in [0.25, 0.3) is 0 Å². The molecule has 6 heteroatoms. The highest BCUT2D eigenvalue weighted by Crippen LogP contribution is 2.30. The summed E-state index contributed by atoms with van der Waals surface area (Å²) in [6.07, 6.45) is 1.97. The molecule has 1 unspecified atom stereocenters. The molecule has 1 N–H and O–H groups in total. The topological polar surface area (TPSA) is 58.6 Å². The van der Waals surface area contributed by atoms with Crippen molar-refractivity contribution in [1.29, 1.82) is 0 Å². The Bertz CT molecular complexity index is 315. The van der Waals surface area contributed by atoms with E-state index in [0.29, 0.717) is 19.7 Å². The summed E-state index contributed by atoms with van der Waals surface area (Å²) in [7, 11) is -1.59. The summed E-state index contributed by atoms with van der Waals surface area (Å²) in [6.45, 7) is 5.98. The van der Waals surface area contributed by atoms with E-state index in [0.717, 1.165) is 19.4 Å². The van der Waals surface area contributed by atoms with Gasteiger partial charge in [-0.25, -0.2) is 8.42 Å². The minimum Gasteiger partial charge on any atom is -0.383 e. The van der Waals surface area contributed by atoms with Crippen LogP contribution in [0.2, 0.25) is 0 Å². The molecule has 1 aliphatic carbocycles. The molecule has 0 aromatic rings. The van der Waals surface area contributed by atoms with Crippen molar-refractivity contribution in [3.63, 3.8) is 0 Å². The van der Waals surface area contributed by atoms with Gasteiger partial charge in [0.1, 0.15) is 0 Å². The van der Waals surface area contributed by atoms with E-state index in [1.807, 2.05) is 6.92 Å². The summed E-state index contributed by atoms with van der Waals surface area (Å²) >= 11 is 0. The summed E-state index contributed by atoms with van der Waals surface area (Å²) in [5.74, 6) is 0. The lowest BCUT2D eigenvalue weighted by Crippen LogP contribution is -2.44. The van der Waals surface area contributed by atoms with E-state index in [4.69, 9.17) is 4.74 Å². The van der Waals surface area contributed by atoms with Crippen molar-refractivity contribution in [3.05, 3.63) is 0 Å². The summed E-state index contributed by atoms with van der Waals surface area (Å²) in [6, 6.07) is 0.208. The van der Waals surface area contributed by atoms with Crippen LogP contribution in [0.3, 0.4) is 0 Å². The Labute approximate surface area is 105 Å². The molecule has 1 saturated carbocycles. The Morgan fingerprint density at radius 2 is 2.12 bits per heavy atom. The fourth-order valence-corrected chi connectivity index (χ4v) is 3.49. The predicted molar refractivity (Wildman–Crippen MR) is 68.5 cm³/mol. The molecule has 0 radical (unpaired) electrons. The van der Waals surface area contributed by atoms with Crippen LogP contribution in [0, 0.1) is 0 Å². The molecule has 0 aromatic carbocycles. The van der Waals surface area contributed by atoms with E-state index in [-0.39, 0.29) is 11.3 Å². The summed E-state index contributed by atoms with van der Waals surface area (Å²) in [4.78, 5) is 0. The van der Waals surface area contributed by atoms with E-state index >= 15 is 0 Å². The fraction of sp³-hybridized carbons (Fsp3) is 1.00. The van der Waals surface area contributed by atoms with E-state index in [9.17, 15) is 8.42 Å². The normalized spacial score (nSPS) is 18.6. The minimum atomic E-state index is -3.19. The van der Waals surface area contributed by atoms with Crippen molar-refractivity contribution in [2.45, 2.75) is 38.0 Å². The molecular formula is C11H24N2O3S. The molecule has 1 fully saturated rings. The van der Waals surface area contributed by atoms with E-state index < -0.39 is 10.0 Å². The number of nitrogens with one attached hydrogen (secondary N) is 1. The molecule has 5 nitrogen and oxygen atoms in total. The Morgan fingerprint density at radius 3 is 2.59 bits per heavy atom. The maximum absolute atomic E-state index is 12.4. The molecule has 17 heavy (non-hydrogen) atoms. The Morgan fingerprint density at radius 1 is 1.47 bits per heavy atom. The third kappa shape index (κ3) is 4.21. The first-order valence-electron chi connectivity index (χ1n) is 6.24. The fourth-order valence-electron chi connectivity index (χ4n) is 1.75. The van der Waals surface area contributed by atoms with Crippen LogP contribution in [0.25, 0.3) is 0 Å². The van der Waals surface area contributed by atoms with Crippen molar-refractivity contribution < 1.29 is 13.2 Å². The van der Waals surface area contributed by atoms with Crippen molar-refractivity contribution in [2.24, 2.45) is 0 Å². The molecule has 0 saturated heterocycles. The minimum absolute atomic E-state index is 0.208. The average Bonchev–Trinajstić information content (AvgIpc) is 3.10. The molecule has 0 spiro atoms. The van der Waals surface area contributed by atoms with Gasteiger partial charge in [-0.05, 0) is 26.3 Å². The molecule has 0 bridgehead atoms. The van der Waals surface area contributed by atoms with Crippen LogP contribution in [0.4, 0.5) is 0 Å². The molecule has 0 aromatic heterocycles. The van der Waals surface area contributed by atoms with Gasteiger partial charge in [0.05, 0.1) is 11.9 Å². The van der Waals surface area contributed by atoms with Gasteiger partial charge in [-0.15, -0.1) is 0 Å². The third-order valence-electron chi connectivity index (χ3n) is 2.99. The van der Waals surface area contributed by atoms with Crippen LogP contribution in [0.15, 0.2) is 0 Å². The Kier molecular flexibility index (Phi) is 5.85. The first kappa shape index (κ1) is 14.9. The van der Waals surface area contributed by atoms with Crippen molar-refractivity contribution >= 4 is 10.0 Å². The lowest BCUT2D eigenvalue weighted by atomic mass is 10.5. The number of sulfonamides is 1. The maximum Gasteiger partial charge on any atom is 0.218 e. The van der Waals surface area contributed by atoms with Gasteiger partial charge in [-0.1, -0.05) is 6.92 Å². The maximum atomic E-state index is 12.4. The van der Waals surface area contributed by atoms with Crippen molar-refractivity contribution in [3.8, 4) is 0 Å². The van der Waals surface area contributed by atoms with E-state index in [1.54, 1.807) is 18.3 Å². The van der Waals surface area contributed by atoms with Crippen LogP contribution in [0.5, 0.6) is 0 Å². The van der Waals surface area contributed by atoms with Crippen molar-refractivity contribution in [1.82, 2.24) is 9.62 Å². The summed E-state index contributed by atoms with van der Waals surface area (Å²) in [5.41, 5.74) is 0. The SMILES string of the molecule is CCNCC(C)S(=O)(=O)N(CCOC)C1CC1. The molecule has 1 atom stereocenters. The zero-order valence-corrected chi connectivity index (χ0v) is 11.8. The first-order valence-corrected chi connectivity index (χ1v) is 7.74. The lowest BCUT2D eigenvalue weighted by Gasteiger charge is -2.25. The van der Waals surface area contributed by atoms with E-state index in [1.165, 1.54) is 0 Å². The highest BCUT2D eigenvalue weighted by atomic mass is 32.2. The zero-order chi connectivity index (χ0) is 12.9. The molecule has 0 aliphatic heterocycles. The first-order chi connectivity index (χ1) is 8.04. The monoisotopic (exact) mass is 264 g/mol. The molecule has 1 rings (SSSR count). The van der Waals surface area contributed by atoms with Gasteiger partial charge in [-0.2, -0.15) is 4.31 Å². The van der Waals surface area contributed by atoms with Gasteiger partial charge >= 0.3 is 0 Å². The molecule has 102 valence electrons. The molecule has 0 heterocycles. The number of hydrogen-bond acceptors (Lipinski definition) is 4. The molecule has 1 aliphatic rings. The standard InChI is InChI=1S/C11H24N2O3S/c1-4-12-9-10(2)17(14,15)13(7-8-16-3)11-5-6-11/h10-12H,4-9H2,1-3H3. The number of hydrogen-bond donors (Lipinski definition) is 1. The lowest BCUT2D eigenvalue weighted by molar-refractivity contribution is 0.177. The number of ether oxygens (including phenoxy) is 1. The van der Waals surface area contributed by atoms with Gasteiger partial charge in [0.2, 0.25) is 10.0 Å². The smallest absolute Gasteiger partial charge is 0.218 e. The van der Waals surface area contributed by atoms with Gasteiger partial charge < -0.3 is 10.1 Å². The second kappa shape index (κ2) is 6.68. The van der Waals surface area contributed by atoms with Crippen molar-refractivity contribution in [2.75, 3.05) is 33.4 Å². The van der Waals surface area contributed by atoms with Gasteiger partial charge in [0, 0.05) is 26.2 Å². The number of methoxy groups -OCH3 is 1. The van der Waals surface area contributed by atoms with Crippen LogP contribution in [0.1, 0.15) is 26.7 Å².